The molecule has 1 N–H and O–H groups in total. The molecule has 0 atom stereocenters. The topological polar surface area (TPSA) is 47.3 Å². The predicted octanol–water partition coefficient (Wildman–Crippen LogP) is 3.30. The third-order valence-electron chi connectivity index (χ3n) is 2.78. The van der Waals surface area contributed by atoms with Crippen molar-refractivity contribution < 1.29 is 9.84 Å². The van der Waals surface area contributed by atoms with Gasteiger partial charge in [-0.1, -0.05) is 12.1 Å². The molecule has 0 spiro atoms. The van der Waals surface area contributed by atoms with Gasteiger partial charge >= 0.3 is 0 Å². The Morgan fingerprint density at radius 1 is 1.37 bits per heavy atom. The molecule has 102 valence electrons. The first-order chi connectivity index (χ1) is 9.11. The zero-order chi connectivity index (χ0) is 13.8. The largest absolute Gasteiger partial charge is 0.486 e. The maximum Gasteiger partial charge on any atom is 0.139 e. The molecule has 1 aromatic carbocycles. The van der Waals surface area contributed by atoms with Gasteiger partial charge in [0.05, 0.1) is 16.8 Å². The number of hydrogen-bond acceptors (Lipinski definition) is 3. The Morgan fingerprint density at radius 2 is 2.16 bits per heavy atom. The van der Waals surface area contributed by atoms with E-state index in [1.54, 1.807) is 0 Å². The number of para-hydroxylation sites is 1. The van der Waals surface area contributed by atoms with E-state index in [4.69, 9.17) is 4.74 Å². The summed E-state index contributed by atoms with van der Waals surface area (Å²) in [6.45, 7) is 4.50. The Bertz CT molecular complexity index is 552. The molecule has 0 fully saturated rings. The molecule has 2 aromatic rings. The molecule has 0 bridgehead atoms. The van der Waals surface area contributed by atoms with Gasteiger partial charge < -0.3 is 9.84 Å². The molecule has 4 nitrogen and oxygen atoms in total. The van der Waals surface area contributed by atoms with Crippen molar-refractivity contribution in [1.29, 1.82) is 0 Å². The SMILES string of the molecule is CC(C)n1ccc(COc2c(Br)cccc2CO)n1. The summed E-state index contributed by atoms with van der Waals surface area (Å²) >= 11 is 3.43. The number of benzene rings is 1. The van der Waals surface area contributed by atoms with E-state index in [0.717, 1.165) is 15.7 Å². The number of aromatic nitrogens is 2. The molecule has 0 unspecified atom stereocenters. The summed E-state index contributed by atoms with van der Waals surface area (Å²) in [7, 11) is 0. The molecule has 0 amide bonds. The lowest BCUT2D eigenvalue weighted by Gasteiger charge is -2.11. The van der Waals surface area contributed by atoms with Crippen LogP contribution in [0.5, 0.6) is 5.75 Å². The predicted molar refractivity (Wildman–Crippen MR) is 77.0 cm³/mol. The smallest absolute Gasteiger partial charge is 0.139 e. The number of rotatable bonds is 5. The van der Waals surface area contributed by atoms with Gasteiger partial charge in [-0.3, -0.25) is 4.68 Å². The highest BCUT2D eigenvalue weighted by molar-refractivity contribution is 9.10. The van der Waals surface area contributed by atoms with E-state index in [1.165, 1.54) is 0 Å². The Labute approximate surface area is 121 Å². The van der Waals surface area contributed by atoms with Crippen molar-refractivity contribution in [3.63, 3.8) is 0 Å². The molecule has 0 saturated carbocycles. The first kappa shape index (κ1) is 14.1. The molecule has 5 heteroatoms. The Balaban J connectivity index is 2.09. The van der Waals surface area contributed by atoms with Crippen molar-refractivity contribution in [1.82, 2.24) is 9.78 Å². The van der Waals surface area contributed by atoms with Gasteiger partial charge in [0.15, 0.2) is 0 Å². The number of aliphatic hydroxyl groups excluding tert-OH is 1. The minimum absolute atomic E-state index is 0.0464. The first-order valence-corrected chi connectivity index (χ1v) is 6.96. The highest BCUT2D eigenvalue weighted by Crippen LogP contribution is 2.29. The average molecular weight is 325 g/mol. The van der Waals surface area contributed by atoms with Crippen LogP contribution in [-0.4, -0.2) is 14.9 Å². The number of nitrogens with zero attached hydrogens (tertiary/aromatic N) is 2. The number of ether oxygens (including phenoxy) is 1. The van der Waals surface area contributed by atoms with E-state index in [-0.39, 0.29) is 6.61 Å². The fraction of sp³-hybridized carbons (Fsp3) is 0.357. The zero-order valence-corrected chi connectivity index (χ0v) is 12.6. The van der Waals surface area contributed by atoms with Crippen LogP contribution in [0.2, 0.25) is 0 Å². The standard InChI is InChI=1S/C14H17BrN2O2/c1-10(2)17-7-6-12(16-17)9-19-14-11(8-18)4-3-5-13(14)15/h3-7,10,18H,8-9H2,1-2H3. The normalized spacial score (nSPS) is 11.0. The van der Waals surface area contributed by atoms with Gasteiger partial charge in [0, 0.05) is 17.8 Å². The van der Waals surface area contributed by atoms with E-state index < -0.39 is 0 Å². The van der Waals surface area contributed by atoms with Gasteiger partial charge in [0.25, 0.3) is 0 Å². The lowest BCUT2D eigenvalue weighted by Crippen LogP contribution is -2.04. The third-order valence-corrected chi connectivity index (χ3v) is 3.40. The van der Waals surface area contributed by atoms with Crippen LogP contribution >= 0.6 is 15.9 Å². The Morgan fingerprint density at radius 3 is 2.79 bits per heavy atom. The van der Waals surface area contributed by atoms with Crippen LogP contribution in [0.1, 0.15) is 31.1 Å². The van der Waals surface area contributed by atoms with Crippen LogP contribution in [0.3, 0.4) is 0 Å². The lowest BCUT2D eigenvalue weighted by molar-refractivity contribution is 0.256. The molecule has 1 aromatic heterocycles. The molecule has 0 aliphatic heterocycles. The highest BCUT2D eigenvalue weighted by Gasteiger charge is 2.09. The van der Waals surface area contributed by atoms with E-state index in [1.807, 2.05) is 35.1 Å². The second kappa shape index (κ2) is 6.21. The maximum atomic E-state index is 9.30. The van der Waals surface area contributed by atoms with Gasteiger partial charge in [0.2, 0.25) is 0 Å². The second-order valence-electron chi connectivity index (χ2n) is 4.56. The molecule has 1 heterocycles. The highest BCUT2D eigenvalue weighted by atomic mass is 79.9. The fourth-order valence-corrected chi connectivity index (χ4v) is 2.25. The van der Waals surface area contributed by atoms with Crippen LogP contribution in [0.4, 0.5) is 0 Å². The van der Waals surface area contributed by atoms with Crippen molar-refractivity contribution in [2.45, 2.75) is 33.1 Å². The van der Waals surface area contributed by atoms with Crippen LogP contribution in [0.15, 0.2) is 34.9 Å². The summed E-state index contributed by atoms with van der Waals surface area (Å²) < 4.78 is 8.49. The van der Waals surface area contributed by atoms with Crippen molar-refractivity contribution in [2.75, 3.05) is 0 Å². The summed E-state index contributed by atoms with van der Waals surface area (Å²) in [5.74, 6) is 0.670. The van der Waals surface area contributed by atoms with Crippen molar-refractivity contribution in [3.05, 3.63) is 46.2 Å². The van der Waals surface area contributed by atoms with E-state index in [9.17, 15) is 5.11 Å². The van der Waals surface area contributed by atoms with Crippen molar-refractivity contribution in [3.8, 4) is 5.75 Å². The monoisotopic (exact) mass is 324 g/mol. The van der Waals surface area contributed by atoms with Crippen molar-refractivity contribution >= 4 is 15.9 Å². The molecule has 19 heavy (non-hydrogen) atoms. The lowest BCUT2D eigenvalue weighted by atomic mass is 10.2. The van der Waals surface area contributed by atoms with Crippen molar-refractivity contribution in [2.24, 2.45) is 0 Å². The van der Waals surface area contributed by atoms with Gasteiger partial charge in [-0.15, -0.1) is 0 Å². The number of aliphatic hydroxyl groups is 1. The zero-order valence-electron chi connectivity index (χ0n) is 11.0. The fourth-order valence-electron chi connectivity index (χ4n) is 1.73. The first-order valence-electron chi connectivity index (χ1n) is 6.17. The summed E-state index contributed by atoms with van der Waals surface area (Å²) in [5.41, 5.74) is 1.63. The molecule has 0 radical (unpaired) electrons. The average Bonchev–Trinajstić information content (AvgIpc) is 2.86. The molecular weight excluding hydrogens is 308 g/mol. The van der Waals surface area contributed by atoms with Crippen LogP contribution in [0, 0.1) is 0 Å². The van der Waals surface area contributed by atoms with Gasteiger partial charge in [-0.2, -0.15) is 5.10 Å². The maximum absolute atomic E-state index is 9.30. The minimum atomic E-state index is -0.0464. The second-order valence-corrected chi connectivity index (χ2v) is 5.41. The third kappa shape index (κ3) is 3.36. The van der Waals surface area contributed by atoms with Crippen LogP contribution < -0.4 is 4.74 Å². The van der Waals surface area contributed by atoms with Gasteiger partial charge in [-0.05, 0) is 41.9 Å². The minimum Gasteiger partial charge on any atom is -0.486 e. The summed E-state index contributed by atoms with van der Waals surface area (Å²) in [6.07, 6.45) is 1.94. The van der Waals surface area contributed by atoms with Crippen LogP contribution in [0.25, 0.3) is 0 Å². The van der Waals surface area contributed by atoms with E-state index in [0.29, 0.717) is 18.4 Å². The summed E-state index contributed by atoms with van der Waals surface area (Å²) in [6, 6.07) is 7.88. The van der Waals surface area contributed by atoms with Gasteiger partial charge in [0.1, 0.15) is 12.4 Å². The Kier molecular flexibility index (Phi) is 4.61. The van der Waals surface area contributed by atoms with Crippen LogP contribution in [-0.2, 0) is 13.2 Å². The summed E-state index contributed by atoms with van der Waals surface area (Å²) in [4.78, 5) is 0. The molecular formula is C14H17BrN2O2. The number of halogens is 1. The van der Waals surface area contributed by atoms with E-state index >= 15 is 0 Å². The summed E-state index contributed by atoms with van der Waals surface area (Å²) in [5, 5.41) is 13.7. The molecule has 0 aliphatic rings. The number of hydrogen-bond donors (Lipinski definition) is 1. The van der Waals surface area contributed by atoms with Gasteiger partial charge in [-0.25, -0.2) is 0 Å². The quantitative estimate of drug-likeness (QED) is 0.917. The molecule has 2 rings (SSSR count). The Hall–Kier alpha value is -1.33. The molecule has 0 aliphatic carbocycles. The molecule has 0 saturated heterocycles. The van der Waals surface area contributed by atoms with E-state index in [2.05, 4.69) is 34.9 Å².